The molecule has 0 unspecified atom stereocenters. The molecule has 0 saturated carbocycles. The zero-order valence-electron chi connectivity index (χ0n) is 12.1. The third-order valence-electron chi connectivity index (χ3n) is 3.73. The predicted molar refractivity (Wildman–Crippen MR) is 82.9 cm³/mol. The summed E-state index contributed by atoms with van der Waals surface area (Å²) in [4.78, 5) is 0. The van der Waals surface area contributed by atoms with Gasteiger partial charge in [-0.1, -0.05) is 29.8 Å². The predicted octanol–water partition coefficient (Wildman–Crippen LogP) is 3.15. The fourth-order valence-electron chi connectivity index (χ4n) is 2.63. The summed E-state index contributed by atoms with van der Waals surface area (Å²) in [6, 6.07) is 13.5. The maximum atomic E-state index is 10.0. The normalized spacial score (nSPS) is 17.2. The van der Waals surface area contributed by atoms with E-state index in [0.29, 0.717) is 0 Å². The molecule has 0 spiro atoms. The van der Waals surface area contributed by atoms with E-state index in [2.05, 4.69) is 10.5 Å². The van der Waals surface area contributed by atoms with E-state index in [1.807, 2.05) is 43.3 Å². The molecule has 0 radical (unpaired) electrons. The second-order valence-electron chi connectivity index (χ2n) is 5.21. The minimum atomic E-state index is 0.0658. The van der Waals surface area contributed by atoms with Crippen molar-refractivity contribution >= 4 is 5.71 Å². The van der Waals surface area contributed by atoms with Gasteiger partial charge in [0, 0.05) is 17.5 Å². The number of benzene rings is 2. The molecule has 1 aliphatic rings. The number of methoxy groups -OCH3 is 1. The summed E-state index contributed by atoms with van der Waals surface area (Å²) < 4.78 is 5.40. The number of para-hydroxylation sites is 1. The van der Waals surface area contributed by atoms with Gasteiger partial charge in [-0.2, -0.15) is 5.10 Å². The van der Waals surface area contributed by atoms with Gasteiger partial charge >= 0.3 is 0 Å². The molecule has 0 fully saturated rings. The van der Waals surface area contributed by atoms with Crippen LogP contribution in [0, 0.1) is 6.92 Å². The van der Waals surface area contributed by atoms with Crippen LogP contribution in [0.25, 0.3) is 0 Å². The largest absolute Gasteiger partial charge is 0.507 e. The van der Waals surface area contributed by atoms with Crippen molar-refractivity contribution in [3.63, 3.8) is 0 Å². The number of rotatable bonds is 3. The molecule has 2 aromatic carbocycles. The Bertz CT molecular complexity index is 695. The molecule has 0 saturated heterocycles. The molecule has 0 aromatic heterocycles. The van der Waals surface area contributed by atoms with E-state index in [1.54, 1.807) is 13.2 Å². The SMILES string of the molecule is COc1ccccc1[C@@H]1CC(c2cc(C)ccc2O)=NN1. The van der Waals surface area contributed by atoms with E-state index in [1.165, 1.54) is 0 Å². The van der Waals surface area contributed by atoms with Crippen LogP contribution in [0.15, 0.2) is 47.6 Å². The molecule has 3 rings (SSSR count). The van der Waals surface area contributed by atoms with Gasteiger partial charge in [0.2, 0.25) is 0 Å². The molecule has 0 aliphatic carbocycles. The Hall–Kier alpha value is -2.49. The summed E-state index contributed by atoms with van der Waals surface area (Å²) in [5.41, 5.74) is 6.98. The number of aromatic hydroxyl groups is 1. The van der Waals surface area contributed by atoms with Crippen LogP contribution in [0.1, 0.15) is 29.2 Å². The lowest BCUT2D eigenvalue weighted by atomic mass is 9.97. The van der Waals surface area contributed by atoms with Crippen molar-refractivity contribution in [2.24, 2.45) is 5.10 Å². The second kappa shape index (κ2) is 5.48. The van der Waals surface area contributed by atoms with Crippen LogP contribution in [-0.2, 0) is 0 Å². The Morgan fingerprint density at radius 3 is 2.86 bits per heavy atom. The molecule has 108 valence electrons. The van der Waals surface area contributed by atoms with Crippen molar-refractivity contribution in [3.8, 4) is 11.5 Å². The highest BCUT2D eigenvalue weighted by Crippen LogP contribution is 2.32. The third-order valence-corrected chi connectivity index (χ3v) is 3.73. The number of ether oxygens (including phenoxy) is 1. The highest BCUT2D eigenvalue weighted by molar-refractivity contribution is 6.04. The van der Waals surface area contributed by atoms with Crippen molar-refractivity contribution in [2.45, 2.75) is 19.4 Å². The van der Waals surface area contributed by atoms with Crippen LogP contribution in [0.2, 0.25) is 0 Å². The van der Waals surface area contributed by atoms with E-state index in [-0.39, 0.29) is 11.8 Å². The molecular formula is C17H18N2O2. The number of phenolic OH excluding ortho intramolecular Hbond substituents is 1. The molecule has 0 amide bonds. The smallest absolute Gasteiger partial charge is 0.124 e. The van der Waals surface area contributed by atoms with Crippen LogP contribution in [0.4, 0.5) is 0 Å². The summed E-state index contributed by atoms with van der Waals surface area (Å²) in [7, 11) is 1.67. The second-order valence-corrected chi connectivity index (χ2v) is 5.21. The molecule has 1 atom stereocenters. The van der Waals surface area contributed by atoms with E-state index in [9.17, 15) is 5.11 Å². The first-order valence-electron chi connectivity index (χ1n) is 6.94. The first-order valence-corrected chi connectivity index (χ1v) is 6.94. The molecule has 2 N–H and O–H groups in total. The minimum absolute atomic E-state index is 0.0658. The van der Waals surface area contributed by atoms with Gasteiger partial charge in [0.25, 0.3) is 0 Å². The van der Waals surface area contributed by atoms with Crippen LogP contribution >= 0.6 is 0 Å². The lowest BCUT2D eigenvalue weighted by Crippen LogP contribution is -2.11. The highest BCUT2D eigenvalue weighted by Gasteiger charge is 2.25. The van der Waals surface area contributed by atoms with Gasteiger partial charge in [0.15, 0.2) is 0 Å². The number of aryl methyl sites for hydroxylation is 1. The highest BCUT2D eigenvalue weighted by atomic mass is 16.5. The Balaban J connectivity index is 1.86. The van der Waals surface area contributed by atoms with Crippen molar-refractivity contribution in [1.82, 2.24) is 5.43 Å². The summed E-state index contributed by atoms with van der Waals surface area (Å²) in [5.74, 6) is 1.11. The number of hydrogen-bond donors (Lipinski definition) is 2. The van der Waals surface area contributed by atoms with Gasteiger partial charge < -0.3 is 15.3 Å². The van der Waals surface area contributed by atoms with Gasteiger partial charge in [-0.25, -0.2) is 0 Å². The number of nitrogens with one attached hydrogen (secondary N) is 1. The Kier molecular flexibility index (Phi) is 3.52. The maximum Gasteiger partial charge on any atom is 0.124 e. The quantitative estimate of drug-likeness (QED) is 0.909. The lowest BCUT2D eigenvalue weighted by molar-refractivity contribution is 0.402. The monoisotopic (exact) mass is 282 g/mol. The topological polar surface area (TPSA) is 53.9 Å². The summed E-state index contributed by atoms with van der Waals surface area (Å²) in [6.07, 6.45) is 0.720. The zero-order chi connectivity index (χ0) is 14.8. The van der Waals surface area contributed by atoms with Crippen LogP contribution in [0.5, 0.6) is 11.5 Å². The van der Waals surface area contributed by atoms with E-state index < -0.39 is 0 Å². The Morgan fingerprint density at radius 1 is 1.24 bits per heavy atom. The van der Waals surface area contributed by atoms with Crippen molar-refractivity contribution in [1.29, 1.82) is 0 Å². The average Bonchev–Trinajstić information content (AvgIpc) is 2.99. The van der Waals surface area contributed by atoms with Gasteiger partial charge in [-0.3, -0.25) is 0 Å². The minimum Gasteiger partial charge on any atom is -0.507 e. The molecule has 1 heterocycles. The van der Waals surface area contributed by atoms with Gasteiger partial charge in [-0.15, -0.1) is 0 Å². The first-order chi connectivity index (χ1) is 10.2. The summed E-state index contributed by atoms with van der Waals surface area (Å²) >= 11 is 0. The van der Waals surface area contributed by atoms with Gasteiger partial charge in [0.05, 0.1) is 18.9 Å². The maximum absolute atomic E-state index is 10.0. The number of hydrazone groups is 1. The van der Waals surface area contributed by atoms with Gasteiger partial charge in [-0.05, 0) is 25.1 Å². The summed E-state index contributed by atoms with van der Waals surface area (Å²) in [5, 5.41) is 14.4. The molecule has 1 aliphatic heterocycles. The molecule has 0 bridgehead atoms. The average molecular weight is 282 g/mol. The molecule has 4 nitrogen and oxygen atoms in total. The van der Waals surface area contributed by atoms with Gasteiger partial charge in [0.1, 0.15) is 11.5 Å². The fraction of sp³-hybridized carbons (Fsp3) is 0.235. The molecular weight excluding hydrogens is 264 g/mol. The number of phenols is 1. The molecule has 4 heteroatoms. The van der Waals surface area contributed by atoms with Crippen LogP contribution in [-0.4, -0.2) is 17.9 Å². The van der Waals surface area contributed by atoms with Crippen molar-refractivity contribution < 1.29 is 9.84 Å². The fourth-order valence-corrected chi connectivity index (χ4v) is 2.63. The Morgan fingerprint density at radius 2 is 2.05 bits per heavy atom. The number of nitrogens with zero attached hydrogens (tertiary/aromatic N) is 1. The van der Waals surface area contributed by atoms with Crippen LogP contribution < -0.4 is 10.2 Å². The van der Waals surface area contributed by atoms with Crippen molar-refractivity contribution in [3.05, 3.63) is 59.2 Å². The van der Waals surface area contributed by atoms with E-state index >= 15 is 0 Å². The standard InChI is InChI=1S/C17H18N2O2/c1-11-7-8-16(20)13(9-11)15-10-14(18-19-15)12-5-3-4-6-17(12)21-2/h3-9,14,18,20H,10H2,1-2H3/t14-/m0/s1. The van der Waals surface area contributed by atoms with Crippen LogP contribution in [0.3, 0.4) is 0 Å². The molecule has 2 aromatic rings. The zero-order valence-corrected chi connectivity index (χ0v) is 12.1. The van der Waals surface area contributed by atoms with E-state index in [0.717, 1.165) is 34.6 Å². The third kappa shape index (κ3) is 2.57. The summed E-state index contributed by atoms with van der Waals surface area (Å²) in [6.45, 7) is 2.00. The molecule has 21 heavy (non-hydrogen) atoms. The Labute approximate surface area is 124 Å². The van der Waals surface area contributed by atoms with Crippen molar-refractivity contribution in [2.75, 3.05) is 7.11 Å². The van der Waals surface area contributed by atoms with E-state index in [4.69, 9.17) is 4.74 Å². The lowest BCUT2D eigenvalue weighted by Gasteiger charge is -2.14. The first kappa shape index (κ1) is 13.5. The number of hydrogen-bond acceptors (Lipinski definition) is 4.